The van der Waals surface area contributed by atoms with Gasteiger partial charge in [0.15, 0.2) is 0 Å². The first kappa shape index (κ1) is 26.1. The third-order valence-electron chi connectivity index (χ3n) is 6.20. The average molecular weight is 503 g/mol. The van der Waals surface area contributed by atoms with Crippen molar-refractivity contribution in [1.82, 2.24) is 14.8 Å². The number of aryl methyl sites for hydroxylation is 1. The van der Waals surface area contributed by atoms with Gasteiger partial charge < -0.3 is 26.0 Å². The van der Waals surface area contributed by atoms with Crippen molar-refractivity contribution in [2.45, 2.75) is 19.9 Å². The zero-order valence-electron chi connectivity index (χ0n) is 21.2. The predicted molar refractivity (Wildman–Crippen MR) is 146 cm³/mol. The first-order valence-corrected chi connectivity index (χ1v) is 12.5. The topological polar surface area (TPSA) is 113 Å². The molecule has 0 saturated carbocycles. The Labute approximate surface area is 217 Å². The molecule has 2 aromatic carbocycles. The molecule has 3 amide bonds. The second-order valence-electron chi connectivity index (χ2n) is 9.12. The lowest BCUT2D eigenvalue weighted by Crippen LogP contribution is -2.40. The van der Waals surface area contributed by atoms with E-state index >= 15 is 0 Å². The standard InChI is InChI=1S/C28H34N6O3/c1-21-6-4-7-23(18-21)31-28(36)34(13-5-12-33-14-16-37-17-15-33)20-22-10-11-26(30-19-22)27(35)32-25-9-3-2-8-24(25)29/h2-4,6-11,18-19H,5,12-17,20,29H2,1H3,(H,31,36)(H,32,35). The van der Waals surface area contributed by atoms with Gasteiger partial charge in [-0.15, -0.1) is 0 Å². The monoisotopic (exact) mass is 502 g/mol. The van der Waals surface area contributed by atoms with Crippen molar-refractivity contribution in [1.29, 1.82) is 0 Å². The largest absolute Gasteiger partial charge is 0.397 e. The molecule has 0 bridgehead atoms. The number of nitrogens with zero attached hydrogens (tertiary/aromatic N) is 3. The molecule has 4 N–H and O–H groups in total. The van der Waals surface area contributed by atoms with Gasteiger partial charge in [0.1, 0.15) is 5.69 Å². The smallest absolute Gasteiger partial charge is 0.322 e. The van der Waals surface area contributed by atoms with Crippen molar-refractivity contribution >= 4 is 29.0 Å². The number of carbonyl (C=O) groups excluding carboxylic acids is 2. The number of para-hydroxylation sites is 2. The van der Waals surface area contributed by atoms with Gasteiger partial charge in [-0.3, -0.25) is 14.7 Å². The van der Waals surface area contributed by atoms with E-state index in [2.05, 4.69) is 20.5 Å². The number of aromatic nitrogens is 1. The molecule has 4 rings (SSSR count). The number of nitrogens with two attached hydrogens (primary N) is 1. The molecule has 0 radical (unpaired) electrons. The molecule has 37 heavy (non-hydrogen) atoms. The number of morpholine rings is 1. The van der Waals surface area contributed by atoms with Crippen molar-refractivity contribution in [3.63, 3.8) is 0 Å². The van der Waals surface area contributed by atoms with Crippen molar-refractivity contribution in [2.75, 3.05) is 55.8 Å². The van der Waals surface area contributed by atoms with Crippen molar-refractivity contribution < 1.29 is 14.3 Å². The summed E-state index contributed by atoms with van der Waals surface area (Å²) in [6, 6.07) is 18.1. The molecule has 194 valence electrons. The van der Waals surface area contributed by atoms with E-state index in [0.29, 0.717) is 24.5 Å². The van der Waals surface area contributed by atoms with E-state index in [1.54, 1.807) is 41.4 Å². The number of pyridine rings is 1. The van der Waals surface area contributed by atoms with Gasteiger partial charge in [-0.2, -0.15) is 0 Å². The SMILES string of the molecule is Cc1cccc(NC(=O)N(CCCN2CCOCC2)Cc2ccc(C(=O)Nc3ccccc3N)nc2)c1. The third-order valence-corrected chi connectivity index (χ3v) is 6.20. The summed E-state index contributed by atoms with van der Waals surface area (Å²) in [6.07, 6.45) is 2.48. The Morgan fingerprint density at radius 2 is 1.86 bits per heavy atom. The Balaban J connectivity index is 1.40. The number of hydrogen-bond donors (Lipinski definition) is 3. The maximum atomic E-state index is 13.2. The van der Waals surface area contributed by atoms with Crippen LogP contribution < -0.4 is 16.4 Å². The molecule has 9 nitrogen and oxygen atoms in total. The fourth-order valence-electron chi connectivity index (χ4n) is 4.16. The quantitative estimate of drug-likeness (QED) is 0.382. The molecule has 0 aliphatic carbocycles. The van der Waals surface area contributed by atoms with E-state index in [0.717, 1.165) is 56.1 Å². The lowest BCUT2D eigenvalue weighted by atomic mass is 10.2. The molecule has 0 unspecified atom stereocenters. The highest BCUT2D eigenvalue weighted by atomic mass is 16.5. The number of benzene rings is 2. The summed E-state index contributed by atoms with van der Waals surface area (Å²) >= 11 is 0. The number of carbonyl (C=O) groups is 2. The molecule has 1 saturated heterocycles. The van der Waals surface area contributed by atoms with E-state index in [-0.39, 0.29) is 17.6 Å². The van der Waals surface area contributed by atoms with Crippen LogP contribution in [0.25, 0.3) is 0 Å². The van der Waals surface area contributed by atoms with Crippen LogP contribution in [-0.4, -0.2) is 66.1 Å². The minimum atomic E-state index is -0.344. The van der Waals surface area contributed by atoms with E-state index in [1.165, 1.54) is 0 Å². The molecule has 2 heterocycles. The second-order valence-corrected chi connectivity index (χ2v) is 9.12. The number of amides is 3. The molecular weight excluding hydrogens is 468 g/mol. The molecule has 1 aliphatic rings. The van der Waals surface area contributed by atoms with Crippen LogP contribution in [0.1, 0.15) is 28.0 Å². The Morgan fingerprint density at radius 3 is 2.59 bits per heavy atom. The van der Waals surface area contributed by atoms with Crippen molar-refractivity contribution in [2.24, 2.45) is 0 Å². The number of ether oxygens (including phenoxy) is 1. The number of hydrogen-bond acceptors (Lipinski definition) is 6. The van der Waals surface area contributed by atoms with Gasteiger partial charge in [-0.25, -0.2) is 4.79 Å². The second kappa shape index (κ2) is 12.8. The van der Waals surface area contributed by atoms with Gasteiger partial charge in [0.25, 0.3) is 5.91 Å². The third kappa shape index (κ3) is 7.77. The summed E-state index contributed by atoms with van der Waals surface area (Å²) in [5, 5.41) is 5.79. The van der Waals surface area contributed by atoms with Gasteiger partial charge in [0.2, 0.25) is 0 Å². The molecule has 1 fully saturated rings. The van der Waals surface area contributed by atoms with Crippen molar-refractivity contribution in [3.05, 3.63) is 83.7 Å². The highest BCUT2D eigenvalue weighted by Gasteiger charge is 2.17. The van der Waals surface area contributed by atoms with Gasteiger partial charge >= 0.3 is 6.03 Å². The van der Waals surface area contributed by atoms with Crippen LogP contribution in [0.5, 0.6) is 0 Å². The molecule has 1 aromatic heterocycles. The molecule has 0 spiro atoms. The first-order chi connectivity index (χ1) is 18.0. The zero-order chi connectivity index (χ0) is 26.0. The highest BCUT2D eigenvalue weighted by molar-refractivity contribution is 6.04. The maximum absolute atomic E-state index is 13.2. The Morgan fingerprint density at radius 1 is 1.05 bits per heavy atom. The summed E-state index contributed by atoms with van der Waals surface area (Å²) in [7, 11) is 0. The molecular formula is C28H34N6O3. The van der Waals surface area contributed by atoms with Crippen LogP contribution in [0.15, 0.2) is 66.9 Å². The lowest BCUT2D eigenvalue weighted by Gasteiger charge is -2.28. The van der Waals surface area contributed by atoms with Crippen LogP contribution in [0.3, 0.4) is 0 Å². The normalized spacial score (nSPS) is 13.6. The fraction of sp³-hybridized carbons (Fsp3) is 0.321. The predicted octanol–water partition coefficient (Wildman–Crippen LogP) is 3.98. The van der Waals surface area contributed by atoms with Crippen LogP contribution in [0.2, 0.25) is 0 Å². The Kier molecular flexibility index (Phi) is 9.07. The molecule has 1 aliphatic heterocycles. The lowest BCUT2D eigenvalue weighted by molar-refractivity contribution is 0.0365. The summed E-state index contributed by atoms with van der Waals surface area (Å²) < 4.78 is 5.43. The first-order valence-electron chi connectivity index (χ1n) is 12.5. The molecule has 0 atom stereocenters. The van der Waals surface area contributed by atoms with E-state index in [1.807, 2.05) is 37.3 Å². The molecule has 9 heteroatoms. The van der Waals surface area contributed by atoms with E-state index in [9.17, 15) is 9.59 Å². The Hall–Kier alpha value is -3.95. The number of anilines is 3. The van der Waals surface area contributed by atoms with Crippen molar-refractivity contribution in [3.8, 4) is 0 Å². The number of nitrogens with one attached hydrogen (secondary N) is 2. The van der Waals surface area contributed by atoms with Gasteiger partial charge in [0.05, 0.1) is 24.6 Å². The summed E-state index contributed by atoms with van der Waals surface area (Å²) in [6.45, 7) is 7.18. The minimum absolute atomic E-state index is 0.172. The summed E-state index contributed by atoms with van der Waals surface area (Å²) in [5.74, 6) is -0.344. The zero-order valence-corrected chi connectivity index (χ0v) is 21.2. The number of urea groups is 1. The van der Waals surface area contributed by atoms with Crippen LogP contribution in [-0.2, 0) is 11.3 Å². The van der Waals surface area contributed by atoms with Crippen LogP contribution in [0, 0.1) is 6.92 Å². The van der Waals surface area contributed by atoms with E-state index in [4.69, 9.17) is 10.5 Å². The van der Waals surface area contributed by atoms with Gasteiger partial charge in [-0.05, 0) is 54.8 Å². The van der Waals surface area contributed by atoms with Crippen LogP contribution in [0.4, 0.5) is 21.9 Å². The number of nitrogen functional groups attached to an aromatic ring is 1. The fourth-order valence-corrected chi connectivity index (χ4v) is 4.16. The number of rotatable bonds is 9. The van der Waals surface area contributed by atoms with Gasteiger partial charge in [-0.1, -0.05) is 30.3 Å². The van der Waals surface area contributed by atoms with Crippen LogP contribution >= 0.6 is 0 Å². The van der Waals surface area contributed by atoms with Gasteiger partial charge in [0, 0.05) is 44.6 Å². The Bertz CT molecular complexity index is 1190. The summed E-state index contributed by atoms with van der Waals surface area (Å²) in [5.41, 5.74) is 9.88. The van der Waals surface area contributed by atoms with E-state index < -0.39 is 0 Å². The maximum Gasteiger partial charge on any atom is 0.322 e. The summed E-state index contributed by atoms with van der Waals surface area (Å²) in [4.78, 5) is 34.3. The molecule has 3 aromatic rings. The average Bonchev–Trinajstić information content (AvgIpc) is 2.90. The highest BCUT2D eigenvalue weighted by Crippen LogP contribution is 2.18. The minimum Gasteiger partial charge on any atom is -0.397 e.